The van der Waals surface area contributed by atoms with Crippen LogP contribution in [0.1, 0.15) is 60.3 Å². The molecule has 1 atom stereocenters. The van der Waals surface area contributed by atoms with Gasteiger partial charge in [-0.2, -0.15) is 0 Å². The Hall–Kier alpha value is -0.570. The molecule has 0 aromatic rings. The highest BCUT2D eigenvalue weighted by atomic mass is 16.2. The Kier molecular flexibility index (Phi) is 8.23. The van der Waals surface area contributed by atoms with Crippen LogP contribution in [0, 0.1) is 5.92 Å². The molecule has 0 aliphatic rings. The van der Waals surface area contributed by atoms with Crippen molar-refractivity contribution >= 4 is 5.91 Å². The van der Waals surface area contributed by atoms with Crippen LogP contribution in [0.25, 0.3) is 0 Å². The highest BCUT2D eigenvalue weighted by Gasteiger charge is 2.25. The maximum absolute atomic E-state index is 12.3. The third-order valence-corrected chi connectivity index (χ3v) is 3.15. The van der Waals surface area contributed by atoms with Crippen LogP contribution < -0.4 is 5.73 Å². The van der Waals surface area contributed by atoms with Gasteiger partial charge in [0.25, 0.3) is 0 Å². The van der Waals surface area contributed by atoms with Gasteiger partial charge in [-0.25, -0.2) is 0 Å². The number of hydrogen-bond donors (Lipinski definition) is 1. The largest absolute Gasteiger partial charge is 0.338 e. The molecular weight excluding hydrogens is 212 g/mol. The number of nitrogens with two attached hydrogens (primary N) is 1. The van der Waals surface area contributed by atoms with Gasteiger partial charge in [-0.15, -0.1) is 0 Å². The van der Waals surface area contributed by atoms with Crippen LogP contribution in [0.4, 0.5) is 0 Å². The van der Waals surface area contributed by atoms with Crippen LogP contribution in [-0.4, -0.2) is 29.4 Å². The predicted octanol–water partition coefficient (Wildman–Crippen LogP) is 2.79. The average molecular weight is 242 g/mol. The Morgan fingerprint density at radius 3 is 2.06 bits per heavy atom. The number of nitrogens with zero attached hydrogens (tertiary/aromatic N) is 1. The molecule has 0 bridgehead atoms. The van der Waals surface area contributed by atoms with E-state index in [1.807, 2.05) is 4.90 Å². The Morgan fingerprint density at radius 2 is 1.71 bits per heavy atom. The zero-order valence-corrected chi connectivity index (χ0v) is 12.2. The van der Waals surface area contributed by atoms with Crippen LogP contribution in [0.2, 0.25) is 0 Å². The Balaban J connectivity index is 4.71. The van der Waals surface area contributed by atoms with Crippen molar-refractivity contribution < 1.29 is 4.79 Å². The molecule has 17 heavy (non-hydrogen) atoms. The molecule has 0 aromatic carbocycles. The molecule has 0 saturated heterocycles. The minimum atomic E-state index is -0.320. The van der Waals surface area contributed by atoms with E-state index in [0.717, 1.165) is 32.2 Å². The van der Waals surface area contributed by atoms with Gasteiger partial charge in [0, 0.05) is 12.6 Å². The molecule has 0 aromatic heterocycles. The summed E-state index contributed by atoms with van der Waals surface area (Å²) in [5.41, 5.74) is 5.96. The van der Waals surface area contributed by atoms with E-state index in [2.05, 4.69) is 34.6 Å². The summed E-state index contributed by atoms with van der Waals surface area (Å²) < 4.78 is 0. The normalized spacial score (nSPS) is 13.2. The SMILES string of the molecule is CCCC(N)C(=O)N(CC(C)C)C(CC)CC. The van der Waals surface area contributed by atoms with Gasteiger partial charge in [0.05, 0.1) is 6.04 Å². The molecule has 2 N–H and O–H groups in total. The van der Waals surface area contributed by atoms with Crippen molar-refractivity contribution in [2.75, 3.05) is 6.54 Å². The highest BCUT2D eigenvalue weighted by molar-refractivity contribution is 5.81. The minimum Gasteiger partial charge on any atom is -0.338 e. The molecule has 0 radical (unpaired) electrons. The van der Waals surface area contributed by atoms with Crippen molar-refractivity contribution in [3.05, 3.63) is 0 Å². The van der Waals surface area contributed by atoms with E-state index in [9.17, 15) is 4.79 Å². The maximum atomic E-state index is 12.3. The summed E-state index contributed by atoms with van der Waals surface area (Å²) in [5, 5.41) is 0. The first-order valence-corrected chi connectivity index (χ1v) is 7.03. The van der Waals surface area contributed by atoms with Gasteiger partial charge < -0.3 is 10.6 Å². The summed E-state index contributed by atoms with van der Waals surface area (Å²) in [5.74, 6) is 0.627. The second-order valence-corrected chi connectivity index (χ2v) is 5.25. The quantitative estimate of drug-likeness (QED) is 0.711. The first kappa shape index (κ1) is 16.4. The van der Waals surface area contributed by atoms with Crippen LogP contribution in [0.15, 0.2) is 0 Å². The van der Waals surface area contributed by atoms with Gasteiger partial charge in [0.15, 0.2) is 0 Å². The van der Waals surface area contributed by atoms with E-state index in [4.69, 9.17) is 5.73 Å². The Bertz CT molecular complexity index is 212. The van der Waals surface area contributed by atoms with E-state index < -0.39 is 0 Å². The highest BCUT2D eigenvalue weighted by Crippen LogP contribution is 2.14. The summed E-state index contributed by atoms with van der Waals surface area (Å²) in [6.45, 7) is 11.5. The average Bonchev–Trinajstić information content (AvgIpc) is 2.28. The molecule has 0 fully saturated rings. The summed E-state index contributed by atoms with van der Waals surface area (Å²) in [7, 11) is 0. The van der Waals surface area contributed by atoms with Crippen molar-refractivity contribution in [1.82, 2.24) is 4.90 Å². The second kappa shape index (κ2) is 8.51. The molecule has 1 amide bonds. The van der Waals surface area contributed by atoms with Crippen molar-refractivity contribution in [1.29, 1.82) is 0 Å². The first-order chi connectivity index (χ1) is 7.97. The van der Waals surface area contributed by atoms with E-state index in [1.54, 1.807) is 0 Å². The maximum Gasteiger partial charge on any atom is 0.239 e. The lowest BCUT2D eigenvalue weighted by molar-refractivity contribution is -0.136. The van der Waals surface area contributed by atoms with Gasteiger partial charge in [-0.05, 0) is 25.2 Å². The third kappa shape index (κ3) is 5.53. The van der Waals surface area contributed by atoms with Crippen molar-refractivity contribution in [3.8, 4) is 0 Å². The monoisotopic (exact) mass is 242 g/mol. The van der Waals surface area contributed by atoms with E-state index in [0.29, 0.717) is 12.0 Å². The number of hydrogen-bond acceptors (Lipinski definition) is 2. The van der Waals surface area contributed by atoms with E-state index >= 15 is 0 Å². The predicted molar refractivity (Wildman–Crippen MR) is 73.8 cm³/mol. The number of carbonyl (C=O) groups is 1. The molecule has 0 rings (SSSR count). The summed E-state index contributed by atoms with van der Waals surface area (Å²) in [4.78, 5) is 14.3. The van der Waals surface area contributed by atoms with Crippen LogP contribution in [0.3, 0.4) is 0 Å². The molecule has 0 aliphatic heterocycles. The molecule has 0 heterocycles. The zero-order chi connectivity index (χ0) is 13.4. The van der Waals surface area contributed by atoms with Crippen LogP contribution in [-0.2, 0) is 4.79 Å². The van der Waals surface area contributed by atoms with E-state index in [1.165, 1.54) is 0 Å². The lowest BCUT2D eigenvalue weighted by Gasteiger charge is -2.34. The smallest absolute Gasteiger partial charge is 0.239 e. The fourth-order valence-electron chi connectivity index (χ4n) is 2.19. The lowest BCUT2D eigenvalue weighted by Crippen LogP contribution is -2.49. The molecule has 3 heteroatoms. The lowest BCUT2D eigenvalue weighted by atomic mass is 10.0. The molecule has 102 valence electrons. The van der Waals surface area contributed by atoms with Crippen LogP contribution >= 0.6 is 0 Å². The number of rotatable bonds is 8. The Labute approximate surface area is 107 Å². The fraction of sp³-hybridized carbons (Fsp3) is 0.929. The molecule has 0 aliphatic carbocycles. The van der Waals surface area contributed by atoms with Gasteiger partial charge in [-0.3, -0.25) is 4.79 Å². The zero-order valence-electron chi connectivity index (χ0n) is 12.2. The van der Waals surface area contributed by atoms with Crippen LogP contribution in [0.5, 0.6) is 0 Å². The molecule has 0 saturated carbocycles. The first-order valence-electron chi connectivity index (χ1n) is 7.03. The van der Waals surface area contributed by atoms with Crippen molar-refractivity contribution in [2.45, 2.75) is 72.4 Å². The van der Waals surface area contributed by atoms with Gasteiger partial charge in [0.2, 0.25) is 5.91 Å². The molecule has 3 nitrogen and oxygen atoms in total. The standard InChI is InChI=1S/C14H30N2O/c1-6-9-13(15)14(17)16(10-11(4)5)12(7-2)8-3/h11-13H,6-10,15H2,1-5H3. The van der Waals surface area contributed by atoms with Gasteiger partial charge in [0.1, 0.15) is 0 Å². The summed E-state index contributed by atoms with van der Waals surface area (Å²) >= 11 is 0. The summed E-state index contributed by atoms with van der Waals surface area (Å²) in [6.07, 6.45) is 3.76. The summed E-state index contributed by atoms with van der Waals surface area (Å²) in [6, 6.07) is 0.0205. The van der Waals surface area contributed by atoms with Crippen molar-refractivity contribution in [3.63, 3.8) is 0 Å². The molecular formula is C14H30N2O. The third-order valence-electron chi connectivity index (χ3n) is 3.15. The number of amides is 1. The number of carbonyl (C=O) groups excluding carboxylic acids is 1. The van der Waals surface area contributed by atoms with Crippen molar-refractivity contribution in [2.24, 2.45) is 11.7 Å². The minimum absolute atomic E-state index is 0.134. The van der Waals surface area contributed by atoms with E-state index in [-0.39, 0.29) is 11.9 Å². The van der Waals surface area contributed by atoms with Gasteiger partial charge in [-0.1, -0.05) is 41.0 Å². The van der Waals surface area contributed by atoms with Gasteiger partial charge >= 0.3 is 0 Å². The molecule has 1 unspecified atom stereocenters. The molecule has 0 spiro atoms. The fourth-order valence-corrected chi connectivity index (χ4v) is 2.19. The second-order valence-electron chi connectivity index (χ2n) is 5.25. The topological polar surface area (TPSA) is 46.3 Å². The Morgan fingerprint density at radius 1 is 1.18 bits per heavy atom.